The summed E-state index contributed by atoms with van der Waals surface area (Å²) in [6.07, 6.45) is 7.76. The van der Waals surface area contributed by atoms with Gasteiger partial charge in [-0.2, -0.15) is 0 Å². The summed E-state index contributed by atoms with van der Waals surface area (Å²) in [6, 6.07) is 16.6. The van der Waals surface area contributed by atoms with Gasteiger partial charge in [-0.15, -0.1) is 0 Å². The molecular weight excluding hydrogens is 340 g/mol. The SMILES string of the molecule is NCCC(CCc1ccc(Oc2nc3ccccc3s2)cc1)CC1CC1. The van der Waals surface area contributed by atoms with Crippen LogP contribution in [0.2, 0.25) is 0 Å². The minimum absolute atomic E-state index is 0.700. The number of aromatic nitrogens is 1. The molecule has 2 N–H and O–H groups in total. The van der Waals surface area contributed by atoms with Gasteiger partial charge >= 0.3 is 0 Å². The van der Waals surface area contributed by atoms with Gasteiger partial charge in [0.2, 0.25) is 0 Å². The van der Waals surface area contributed by atoms with Crippen LogP contribution >= 0.6 is 11.3 Å². The van der Waals surface area contributed by atoms with Crippen LogP contribution in [0.1, 0.15) is 37.7 Å². The molecule has 1 aromatic heterocycles. The van der Waals surface area contributed by atoms with Gasteiger partial charge in [0.05, 0.1) is 10.2 Å². The summed E-state index contributed by atoms with van der Waals surface area (Å²) in [5, 5.41) is 0.700. The highest BCUT2D eigenvalue weighted by molar-refractivity contribution is 7.20. The lowest BCUT2D eigenvalue weighted by atomic mass is 9.91. The van der Waals surface area contributed by atoms with Crippen LogP contribution in [0.3, 0.4) is 0 Å². The van der Waals surface area contributed by atoms with Crippen molar-refractivity contribution in [2.45, 2.75) is 38.5 Å². The standard InChI is InChI=1S/C22H26N2OS/c23-14-13-18(15-17-7-8-17)6-5-16-9-11-19(12-10-16)25-22-24-20-3-1-2-4-21(20)26-22/h1-4,9-12,17-18H,5-8,13-15,23H2. The second kappa shape index (κ2) is 8.19. The Labute approximate surface area is 159 Å². The topological polar surface area (TPSA) is 48.1 Å². The minimum Gasteiger partial charge on any atom is -0.431 e. The Bertz CT molecular complexity index is 806. The molecule has 3 nitrogen and oxygen atoms in total. The van der Waals surface area contributed by atoms with Crippen LogP contribution in [-0.2, 0) is 6.42 Å². The van der Waals surface area contributed by atoms with Gasteiger partial charge in [-0.25, -0.2) is 4.98 Å². The van der Waals surface area contributed by atoms with E-state index < -0.39 is 0 Å². The molecule has 1 aliphatic rings. The molecule has 0 bridgehead atoms. The fraction of sp³-hybridized carbons (Fsp3) is 0.409. The summed E-state index contributed by atoms with van der Waals surface area (Å²) in [5.41, 5.74) is 8.16. The third-order valence-corrected chi connectivity index (χ3v) is 6.10. The predicted octanol–water partition coefficient (Wildman–Crippen LogP) is 5.79. The Hall–Kier alpha value is -1.91. The maximum atomic E-state index is 5.93. The first-order valence-electron chi connectivity index (χ1n) is 9.62. The number of aryl methyl sites for hydroxylation is 1. The lowest BCUT2D eigenvalue weighted by Crippen LogP contribution is -2.10. The number of thiazole rings is 1. The van der Waals surface area contributed by atoms with Crippen molar-refractivity contribution in [3.05, 3.63) is 54.1 Å². The number of hydrogen-bond donors (Lipinski definition) is 1. The quantitative estimate of drug-likeness (QED) is 0.522. The first-order chi connectivity index (χ1) is 12.8. The third-order valence-electron chi connectivity index (χ3n) is 5.18. The van der Waals surface area contributed by atoms with E-state index in [1.165, 1.54) is 31.2 Å². The van der Waals surface area contributed by atoms with Crippen LogP contribution in [0.25, 0.3) is 10.2 Å². The monoisotopic (exact) mass is 366 g/mol. The molecule has 4 rings (SSSR count). The maximum absolute atomic E-state index is 5.93. The number of benzene rings is 2. The third kappa shape index (κ3) is 4.63. The number of nitrogens with two attached hydrogens (primary N) is 1. The van der Waals surface area contributed by atoms with E-state index in [0.29, 0.717) is 5.19 Å². The van der Waals surface area contributed by atoms with Crippen molar-refractivity contribution in [3.8, 4) is 10.9 Å². The van der Waals surface area contributed by atoms with Crippen molar-refractivity contribution in [3.63, 3.8) is 0 Å². The average Bonchev–Trinajstić information content (AvgIpc) is 3.38. The molecule has 1 aliphatic carbocycles. The second-order valence-corrected chi connectivity index (χ2v) is 8.35. The van der Waals surface area contributed by atoms with Crippen molar-refractivity contribution in [1.29, 1.82) is 0 Å². The largest absolute Gasteiger partial charge is 0.431 e. The molecular formula is C22H26N2OS. The Morgan fingerprint density at radius 1 is 1.08 bits per heavy atom. The normalized spacial score (nSPS) is 15.3. The molecule has 1 heterocycles. The second-order valence-electron chi connectivity index (χ2n) is 7.35. The zero-order valence-electron chi connectivity index (χ0n) is 15.1. The molecule has 0 radical (unpaired) electrons. The highest BCUT2D eigenvalue weighted by Gasteiger charge is 2.24. The van der Waals surface area contributed by atoms with E-state index in [0.717, 1.165) is 47.2 Å². The van der Waals surface area contributed by atoms with Crippen LogP contribution in [0.5, 0.6) is 10.9 Å². The molecule has 1 saturated carbocycles. The van der Waals surface area contributed by atoms with E-state index in [2.05, 4.69) is 35.3 Å². The van der Waals surface area contributed by atoms with E-state index >= 15 is 0 Å². The van der Waals surface area contributed by atoms with Crippen LogP contribution in [0.15, 0.2) is 48.5 Å². The van der Waals surface area contributed by atoms with Crippen LogP contribution in [0, 0.1) is 11.8 Å². The summed E-state index contributed by atoms with van der Waals surface area (Å²) in [6.45, 7) is 0.812. The predicted molar refractivity (Wildman–Crippen MR) is 109 cm³/mol. The Morgan fingerprint density at radius 3 is 2.62 bits per heavy atom. The van der Waals surface area contributed by atoms with E-state index in [1.807, 2.05) is 18.2 Å². The highest BCUT2D eigenvalue weighted by atomic mass is 32.1. The number of rotatable bonds is 9. The van der Waals surface area contributed by atoms with Crippen molar-refractivity contribution in [1.82, 2.24) is 4.98 Å². The van der Waals surface area contributed by atoms with Crippen LogP contribution < -0.4 is 10.5 Å². The fourth-order valence-corrected chi connectivity index (χ4v) is 4.37. The average molecular weight is 367 g/mol. The van der Waals surface area contributed by atoms with Gasteiger partial charge in [0.1, 0.15) is 5.75 Å². The number of fused-ring (bicyclic) bond motifs is 1. The van der Waals surface area contributed by atoms with Gasteiger partial charge < -0.3 is 10.5 Å². The van der Waals surface area contributed by atoms with Crippen molar-refractivity contribution in [2.24, 2.45) is 17.6 Å². The summed E-state index contributed by atoms with van der Waals surface area (Å²) < 4.78 is 7.09. The van der Waals surface area contributed by atoms with Gasteiger partial charge in [0.15, 0.2) is 0 Å². The Balaban J connectivity index is 1.33. The summed E-state index contributed by atoms with van der Waals surface area (Å²) in [5.74, 6) is 2.62. The fourth-order valence-electron chi connectivity index (χ4n) is 3.53. The van der Waals surface area contributed by atoms with E-state index in [1.54, 1.807) is 11.3 Å². The smallest absolute Gasteiger partial charge is 0.279 e. The van der Waals surface area contributed by atoms with Gasteiger partial charge in [-0.1, -0.05) is 48.4 Å². The summed E-state index contributed by atoms with van der Waals surface area (Å²) in [4.78, 5) is 4.53. The zero-order valence-corrected chi connectivity index (χ0v) is 15.9. The molecule has 0 aliphatic heterocycles. The molecule has 2 aromatic carbocycles. The Kier molecular flexibility index (Phi) is 5.51. The molecule has 4 heteroatoms. The molecule has 3 aromatic rings. The minimum atomic E-state index is 0.700. The molecule has 136 valence electrons. The molecule has 1 fully saturated rings. The molecule has 0 spiro atoms. The van der Waals surface area contributed by atoms with Gasteiger partial charge in [-0.05, 0) is 73.9 Å². The van der Waals surface area contributed by atoms with Crippen molar-refractivity contribution < 1.29 is 4.74 Å². The number of ether oxygens (including phenoxy) is 1. The zero-order chi connectivity index (χ0) is 17.8. The molecule has 1 atom stereocenters. The van der Waals surface area contributed by atoms with E-state index in [-0.39, 0.29) is 0 Å². The number of para-hydroxylation sites is 1. The molecule has 26 heavy (non-hydrogen) atoms. The van der Waals surface area contributed by atoms with Crippen LogP contribution in [-0.4, -0.2) is 11.5 Å². The first kappa shape index (κ1) is 17.5. The van der Waals surface area contributed by atoms with Crippen molar-refractivity contribution >= 4 is 21.6 Å². The summed E-state index contributed by atoms with van der Waals surface area (Å²) >= 11 is 1.58. The Morgan fingerprint density at radius 2 is 1.88 bits per heavy atom. The number of hydrogen-bond acceptors (Lipinski definition) is 4. The molecule has 0 amide bonds. The van der Waals surface area contributed by atoms with Crippen LogP contribution in [0.4, 0.5) is 0 Å². The molecule has 0 saturated heterocycles. The van der Waals surface area contributed by atoms with E-state index in [9.17, 15) is 0 Å². The molecule has 1 unspecified atom stereocenters. The maximum Gasteiger partial charge on any atom is 0.279 e. The first-order valence-corrected chi connectivity index (χ1v) is 10.4. The number of nitrogens with zero attached hydrogens (tertiary/aromatic N) is 1. The lowest BCUT2D eigenvalue weighted by molar-refractivity contribution is 0.403. The van der Waals surface area contributed by atoms with E-state index in [4.69, 9.17) is 10.5 Å². The van der Waals surface area contributed by atoms with Crippen molar-refractivity contribution in [2.75, 3.05) is 6.54 Å². The highest BCUT2D eigenvalue weighted by Crippen LogP contribution is 2.37. The lowest BCUT2D eigenvalue weighted by Gasteiger charge is -2.15. The van der Waals surface area contributed by atoms with Gasteiger partial charge in [0.25, 0.3) is 5.19 Å². The van der Waals surface area contributed by atoms with Gasteiger partial charge in [-0.3, -0.25) is 0 Å². The summed E-state index contributed by atoms with van der Waals surface area (Å²) in [7, 11) is 0. The van der Waals surface area contributed by atoms with Gasteiger partial charge in [0, 0.05) is 0 Å².